The molecule has 0 atom stereocenters. The maximum absolute atomic E-state index is 12.1. The molecule has 1 N–H and O–H groups in total. The highest BCUT2D eigenvalue weighted by Crippen LogP contribution is 2.13. The molecule has 6 nitrogen and oxygen atoms in total. The van der Waals surface area contributed by atoms with Crippen LogP contribution in [-0.2, 0) is 0 Å². The van der Waals surface area contributed by atoms with Crippen molar-refractivity contribution in [2.24, 2.45) is 0 Å². The van der Waals surface area contributed by atoms with Crippen molar-refractivity contribution in [3.05, 3.63) is 63.3 Å². The summed E-state index contributed by atoms with van der Waals surface area (Å²) in [6.07, 6.45) is 2.82. The van der Waals surface area contributed by atoms with Gasteiger partial charge >= 0.3 is 5.63 Å². The summed E-state index contributed by atoms with van der Waals surface area (Å²) in [5.74, 6) is -0.345. The Bertz CT molecular complexity index is 875. The number of halogens is 1. The Morgan fingerprint density at radius 1 is 1.19 bits per heavy atom. The van der Waals surface area contributed by atoms with Gasteiger partial charge in [-0.1, -0.05) is 18.2 Å². The minimum atomic E-state index is -0.698. The van der Waals surface area contributed by atoms with Crippen molar-refractivity contribution < 1.29 is 9.21 Å². The first-order valence-corrected chi connectivity index (χ1v) is 6.74. The lowest BCUT2D eigenvalue weighted by molar-refractivity contribution is 0.102. The predicted octanol–water partition coefficient (Wildman–Crippen LogP) is 2.60. The van der Waals surface area contributed by atoms with Crippen molar-refractivity contribution in [2.75, 3.05) is 5.32 Å². The van der Waals surface area contributed by atoms with Gasteiger partial charge in [-0.3, -0.25) is 4.79 Å². The van der Waals surface area contributed by atoms with E-state index in [1.165, 1.54) is 18.5 Å². The summed E-state index contributed by atoms with van der Waals surface area (Å²) in [4.78, 5) is 31.9. The molecule has 0 aliphatic heterocycles. The highest BCUT2D eigenvalue weighted by atomic mass is 79.9. The number of benzene rings is 1. The van der Waals surface area contributed by atoms with E-state index in [2.05, 4.69) is 31.2 Å². The summed E-state index contributed by atoms with van der Waals surface area (Å²) in [6.45, 7) is 0. The van der Waals surface area contributed by atoms with Crippen LogP contribution in [0.15, 0.2) is 56.5 Å². The molecule has 0 unspecified atom stereocenters. The second kappa shape index (κ2) is 5.45. The molecule has 3 aromatic rings. The van der Waals surface area contributed by atoms with Crippen LogP contribution < -0.4 is 10.9 Å². The average Bonchev–Trinajstić information content (AvgIpc) is 2.49. The van der Waals surface area contributed by atoms with E-state index in [0.717, 1.165) is 0 Å². The normalized spacial score (nSPS) is 10.5. The van der Waals surface area contributed by atoms with E-state index in [1.807, 2.05) is 0 Å². The smallest absolute Gasteiger partial charge is 0.349 e. The first kappa shape index (κ1) is 13.4. The van der Waals surface area contributed by atoms with Crippen LogP contribution in [0.1, 0.15) is 10.4 Å². The van der Waals surface area contributed by atoms with Gasteiger partial charge in [-0.2, -0.15) is 0 Å². The molecule has 3 rings (SSSR count). The van der Waals surface area contributed by atoms with Gasteiger partial charge in [-0.25, -0.2) is 14.8 Å². The van der Waals surface area contributed by atoms with E-state index in [-0.39, 0.29) is 11.4 Å². The SMILES string of the molecule is O=C(Nc1cnc(Br)cn1)c1cc2ccccc2oc1=O. The number of hydrogen-bond acceptors (Lipinski definition) is 5. The van der Waals surface area contributed by atoms with Crippen LogP contribution in [0.3, 0.4) is 0 Å². The van der Waals surface area contributed by atoms with Gasteiger partial charge in [0.2, 0.25) is 0 Å². The number of amides is 1. The van der Waals surface area contributed by atoms with Crippen LogP contribution in [0.25, 0.3) is 11.0 Å². The Morgan fingerprint density at radius 2 is 2.00 bits per heavy atom. The highest BCUT2D eigenvalue weighted by Gasteiger charge is 2.14. The Morgan fingerprint density at radius 3 is 2.76 bits per heavy atom. The number of para-hydroxylation sites is 1. The van der Waals surface area contributed by atoms with Crippen LogP contribution in [0.5, 0.6) is 0 Å². The molecule has 0 radical (unpaired) electrons. The fourth-order valence-corrected chi connectivity index (χ4v) is 1.99. The Labute approximate surface area is 127 Å². The van der Waals surface area contributed by atoms with Crippen molar-refractivity contribution >= 4 is 38.6 Å². The lowest BCUT2D eigenvalue weighted by Gasteiger charge is -2.04. The maximum Gasteiger partial charge on any atom is 0.349 e. The third-order valence-corrected chi connectivity index (χ3v) is 3.16. The van der Waals surface area contributed by atoms with Crippen LogP contribution >= 0.6 is 15.9 Å². The number of carbonyl (C=O) groups excluding carboxylic acids is 1. The van der Waals surface area contributed by atoms with Crippen LogP contribution in [-0.4, -0.2) is 15.9 Å². The molecule has 0 spiro atoms. The van der Waals surface area contributed by atoms with Crippen molar-refractivity contribution in [1.29, 1.82) is 0 Å². The largest absolute Gasteiger partial charge is 0.422 e. The molecule has 21 heavy (non-hydrogen) atoms. The fourth-order valence-electron chi connectivity index (χ4n) is 1.78. The number of aromatic nitrogens is 2. The second-order valence-corrected chi connectivity index (χ2v) is 4.98. The van der Waals surface area contributed by atoms with Gasteiger partial charge in [0.15, 0.2) is 5.82 Å². The van der Waals surface area contributed by atoms with Crippen LogP contribution in [0.4, 0.5) is 5.82 Å². The molecule has 1 aromatic carbocycles. The lowest BCUT2D eigenvalue weighted by atomic mass is 10.2. The van der Waals surface area contributed by atoms with Gasteiger partial charge in [-0.05, 0) is 28.1 Å². The first-order valence-electron chi connectivity index (χ1n) is 5.95. The predicted molar refractivity (Wildman–Crippen MR) is 80.2 cm³/mol. The van der Waals surface area contributed by atoms with Crippen LogP contribution in [0.2, 0.25) is 0 Å². The number of nitrogens with one attached hydrogen (secondary N) is 1. The van der Waals surface area contributed by atoms with Gasteiger partial charge in [0, 0.05) is 5.39 Å². The molecule has 104 valence electrons. The fraction of sp³-hybridized carbons (Fsp3) is 0. The quantitative estimate of drug-likeness (QED) is 0.721. The summed E-state index contributed by atoms with van der Waals surface area (Å²) in [5.41, 5.74) is -0.350. The van der Waals surface area contributed by atoms with Crippen molar-refractivity contribution in [3.8, 4) is 0 Å². The molecule has 0 saturated carbocycles. The van der Waals surface area contributed by atoms with Gasteiger partial charge in [0.25, 0.3) is 5.91 Å². The molecule has 0 saturated heterocycles. The second-order valence-electron chi connectivity index (χ2n) is 4.16. The van der Waals surface area contributed by atoms with Gasteiger partial charge < -0.3 is 9.73 Å². The summed E-state index contributed by atoms with van der Waals surface area (Å²) in [5, 5.41) is 3.17. The van der Waals surface area contributed by atoms with E-state index in [9.17, 15) is 9.59 Å². The van der Waals surface area contributed by atoms with E-state index < -0.39 is 11.5 Å². The molecular weight excluding hydrogens is 338 g/mol. The first-order chi connectivity index (χ1) is 10.1. The van der Waals surface area contributed by atoms with Gasteiger partial charge in [0.1, 0.15) is 15.7 Å². The highest BCUT2D eigenvalue weighted by molar-refractivity contribution is 9.10. The zero-order valence-corrected chi connectivity index (χ0v) is 12.1. The number of hydrogen-bond donors (Lipinski definition) is 1. The number of rotatable bonds is 2. The third-order valence-electron chi connectivity index (χ3n) is 2.75. The topological polar surface area (TPSA) is 85.1 Å². The zero-order valence-electron chi connectivity index (χ0n) is 10.5. The van der Waals surface area contributed by atoms with Crippen molar-refractivity contribution in [3.63, 3.8) is 0 Å². The maximum atomic E-state index is 12.1. The standard InChI is InChI=1S/C14H8BrN3O3/c15-11-6-17-12(7-16-11)18-13(19)9-5-8-3-1-2-4-10(8)21-14(9)20/h1-7H,(H,17,18,19). The van der Waals surface area contributed by atoms with E-state index in [4.69, 9.17) is 4.42 Å². The molecule has 0 aliphatic carbocycles. The monoisotopic (exact) mass is 345 g/mol. The number of nitrogens with zero attached hydrogens (tertiary/aromatic N) is 2. The summed E-state index contributed by atoms with van der Waals surface area (Å²) < 4.78 is 5.66. The summed E-state index contributed by atoms with van der Waals surface area (Å²) >= 11 is 3.14. The molecule has 0 fully saturated rings. The lowest BCUT2D eigenvalue weighted by Crippen LogP contribution is -2.21. The van der Waals surface area contributed by atoms with E-state index in [1.54, 1.807) is 24.3 Å². The number of fused-ring (bicyclic) bond motifs is 1. The molecule has 7 heteroatoms. The zero-order chi connectivity index (χ0) is 14.8. The van der Waals surface area contributed by atoms with Crippen molar-refractivity contribution in [1.82, 2.24) is 9.97 Å². The Hall–Kier alpha value is -2.54. The molecular formula is C14H8BrN3O3. The summed E-state index contributed by atoms with van der Waals surface area (Å²) in [7, 11) is 0. The van der Waals surface area contributed by atoms with Crippen molar-refractivity contribution in [2.45, 2.75) is 0 Å². The molecule has 0 bridgehead atoms. The molecule has 1 amide bonds. The Balaban J connectivity index is 1.95. The Kier molecular flexibility index (Phi) is 3.49. The average molecular weight is 346 g/mol. The van der Waals surface area contributed by atoms with E-state index >= 15 is 0 Å². The van der Waals surface area contributed by atoms with E-state index in [0.29, 0.717) is 15.6 Å². The molecule has 2 aromatic heterocycles. The third kappa shape index (κ3) is 2.82. The number of anilines is 1. The van der Waals surface area contributed by atoms with Crippen LogP contribution in [0, 0.1) is 0 Å². The van der Waals surface area contributed by atoms with Gasteiger partial charge in [-0.15, -0.1) is 0 Å². The molecule has 2 heterocycles. The minimum Gasteiger partial charge on any atom is -0.422 e. The minimum absolute atomic E-state index is 0.0848. The van der Waals surface area contributed by atoms with Gasteiger partial charge in [0.05, 0.1) is 12.4 Å². The summed E-state index contributed by atoms with van der Waals surface area (Å²) in [6, 6.07) is 8.46. The number of carbonyl (C=O) groups is 1. The molecule has 0 aliphatic rings.